The van der Waals surface area contributed by atoms with E-state index in [9.17, 15) is 13.6 Å². The third-order valence-electron chi connectivity index (χ3n) is 4.80. The molecule has 1 aliphatic rings. The summed E-state index contributed by atoms with van der Waals surface area (Å²) in [6, 6.07) is 8.48. The van der Waals surface area contributed by atoms with Gasteiger partial charge in [-0.1, -0.05) is 48.0 Å². The molecule has 26 heavy (non-hydrogen) atoms. The summed E-state index contributed by atoms with van der Waals surface area (Å²) >= 11 is 0. The highest BCUT2D eigenvalue weighted by molar-refractivity contribution is 5.73. The number of benzene rings is 2. The van der Waals surface area contributed by atoms with E-state index in [0.717, 1.165) is 10.5 Å². The minimum Gasteiger partial charge on any atom is -0.351 e. The van der Waals surface area contributed by atoms with Crippen LogP contribution in [0, 0.1) is 12.7 Å². The zero-order chi connectivity index (χ0) is 19.1. The first-order chi connectivity index (χ1) is 12.2. The van der Waals surface area contributed by atoms with Gasteiger partial charge >= 0.3 is 6.03 Å². The molecule has 1 fully saturated rings. The zero-order valence-electron chi connectivity index (χ0n) is 14.3. The number of likely N-dealkylation sites (tertiary alicyclic amines) is 1. The van der Waals surface area contributed by atoms with Gasteiger partial charge in [-0.3, -0.25) is 0 Å². The van der Waals surface area contributed by atoms with E-state index in [-0.39, 0.29) is 12.0 Å². The summed E-state index contributed by atoms with van der Waals surface area (Å²) in [7, 11) is 0. The molecule has 4 N–H and O–H groups in total. The van der Waals surface area contributed by atoms with Gasteiger partial charge in [-0.25, -0.2) is 18.0 Å². The summed E-state index contributed by atoms with van der Waals surface area (Å²) in [5.74, 6) is -3.77. The molecule has 0 spiro atoms. The zero-order valence-corrected chi connectivity index (χ0v) is 14.3. The van der Waals surface area contributed by atoms with Gasteiger partial charge < -0.3 is 16.4 Å². The van der Waals surface area contributed by atoms with E-state index in [2.05, 4.69) is 0 Å². The Kier molecular flexibility index (Phi) is 4.66. The number of hydrogen-bond acceptors (Lipinski definition) is 2. The number of urea groups is 1. The molecule has 7 heteroatoms. The van der Waals surface area contributed by atoms with Crippen LogP contribution in [0.1, 0.15) is 11.1 Å². The molecule has 0 radical (unpaired) electrons. The number of nitrogens with two attached hydrogens (primary N) is 2. The summed E-state index contributed by atoms with van der Waals surface area (Å²) in [5, 5.41) is 0. The van der Waals surface area contributed by atoms with Crippen molar-refractivity contribution in [3.63, 3.8) is 0 Å². The molecular formula is C19H20F3N3O. The van der Waals surface area contributed by atoms with Crippen LogP contribution in [0.2, 0.25) is 0 Å². The van der Waals surface area contributed by atoms with Gasteiger partial charge in [0.15, 0.2) is 0 Å². The number of carbonyl (C=O) groups is 1. The molecule has 0 unspecified atom stereocenters. The van der Waals surface area contributed by atoms with Crippen molar-refractivity contribution in [2.75, 3.05) is 6.54 Å². The Balaban J connectivity index is 1.95. The SMILES string of the molecule is Cc1cccc(-c2cccc(C[C@H]3[C@@H](N)C(F)(F)CN3C(N)=O)c2F)c1. The molecule has 3 rings (SSSR count). The lowest BCUT2D eigenvalue weighted by Gasteiger charge is -2.25. The highest BCUT2D eigenvalue weighted by atomic mass is 19.3. The Morgan fingerprint density at radius 1 is 1.27 bits per heavy atom. The highest BCUT2D eigenvalue weighted by Crippen LogP contribution is 2.34. The lowest BCUT2D eigenvalue weighted by Crippen LogP contribution is -2.48. The van der Waals surface area contributed by atoms with Gasteiger partial charge in [-0.15, -0.1) is 0 Å². The topological polar surface area (TPSA) is 72.3 Å². The minimum atomic E-state index is -3.26. The smallest absolute Gasteiger partial charge is 0.315 e. The van der Waals surface area contributed by atoms with Crippen LogP contribution >= 0.6 is 0 Å². The summed E-state index contributed by atoms with van der Waals surface area (Å²) in [4.78, 5) is 12.3. The second-order valence-corrected chi connectivity index (χ2v) is 6.67. The number of hydrogen-bond donors (Lipinski definition) is 2. The van der Waals surface area contributed by atoms with Gasteiger partial charge in [0.2, 0.25) is 0 Å². The van der Waals surface area contributed by atoms with Crippen LogP contribution in [0.3, 0.4) is 0 Å². The molecule has 2 aromatic rings. The quantitative estimate of drug-likeness (QED) is 0.880. The van der Waals surface area contributed by atoms with Gasteiger partial charge in [0.1, 0.15) is 5.82 Å². The van der Waals surface area contributed by atoms with Crippen molar-refractivity contribution < 1.29 is 18.0 Å². The first-order valence-electron chi connectivity index (χ1n) is 8.24. The summed E-state index contributed by atoms with van der Waals surface area (Å²) in [5.41, 5.74) is 13.1. The molecule has 2 amide bonds. The van der Waals surface area contributed by atoms with Gasteiger partial charge in [-0.05, 0) is 24.5 Å². The van der Waals surface area contributed by atoms with Crippen LogP contribution in [0.4, 0.5) is 18.0 Å². The number of carbonyl (C=O) groups excluding carboxylic acids is 1. The summed E-state index contributed by atoms with van der Waals surface area (Å²) < 4.78 is 42.9. The van der Waals surface area contributed by atoms with E-state index in [4.69, 9.17) is 11.5 Å². The van der Waals surface area contributed by atoms with E-state index in [1.807, 2.05) is 25.1 Å². The number of nitrogens with zero attached hydrogens (tertiary/aromatic N) is 1. The third-order valence-corrected chi connectivity index (χ3v) is 4.80. The highest BCUT2D eigenvalue weighted by Gasteiger charge is 2.53. The van der Waals surface area contributed by atoms with Crippen LogP contribution in [0.15, 0.2) is 42.5 Å². The van der Waals surface area contributed by atoms with Gasteiger partial charge in [0, 0.05) is 5.56 Å². The average Bonchev–Trinajstić information content (AvgIpc) is 2.80. The third kappa shape index (κ3) is 3.26. The van der Waals surface area contributed by atoms with E-state index in [1.165, 1.54) is 6.07 Å². The molecule has 0 bridgehead atoms. The molecular weight excluding hydrogens is 343 g/mol. The standard InChI is InChI=1S/C19H20F3N3O/c1-11-4-2-5-12(8-11)14-7-3-6-13(16(14)20)9-15-17(23)19(21,22)10-25(15)18(24)26/h2-8,15,17H,9-10,23H2,1H3,(H2,24,26)/t15-,17+/m0/s1. The number of rotatable bonds is 3. The molecule has 4 nitrogen and oxygen atoms in total. The van der Waals surface area contributed by atoms with Crippen molar-refractivity contribution in [1.82, 2.24) is 4.90 Å². The first-order valence-corrected chi connectivity index (χ1v) is 8.24. The maximum absolute atomic E-state index is 15.0. The summed E-state index contributed by atoms with van der Waals surface area (Å²) in [6.07, 6.45) is -0.134. The Morgan fingerprint density at radius 3 is 2.62 bits per heavy atom. The maximum Gasteiger partial charge on any atom is 0.315 e. The Morgan fingerprint density at radius 2 is 1.96 bits per heavy atom. The van der Waals surface area contributed by atoms with E-state index >= 15 is 4.39 Å². The van der Waals surface area contributed by atoms with Crippen molar-refractivity contribution >= 4 is 6.03 Å². The van der Waals surface area contributed by atoms with Gasteiger partial charge in [0.05, 0.1) is 18.6 Å². The fourth-order valence-corrected chi connectivity index (χ4v) is 3.40. The van der Waals surface area contributed by atoms with Gasteiger partial charge in [-0.2, -0.15) is 0 Å². The fraction of sp³-hybridized carbons (Fsp3) is 0.316. The summed E-state index contributed by atoms with van der Waals surface area (Å²) in [6.45, 7) is 1.04. The van der Waals surface area contributed by atoms with Crippen molar-refractivity contribution in [2.24, 2.45) is 11.5 Å². The second-order valence-electron chi connectivity index (χ2n) is 6.67. The largest absolute Gasteiger partial charge is 0.351 e. The van der Waals surface area contributed by atoms with E-state index < -0.39 is 36.4 Å². The number of primary amides is 1. The van der Waals surface area contributed by atoms with E-state index in [0.29, 0.717) is 11.1 Å². The molecule has 1 aliphatic heterocycles. The van der Waals surface area contributed by atoms with Crippen LogP contribution < -0.4 is 11.5 Å². The van der Waals surface area contributed by atoms with Crippen molar-refractivity contribution in [2.45, 2.75) is 31.4 Å². The van der Waals surface area contributed by atoms with Crippen LogP contribution in [-0.2, 0) is 6.42 Å². The monoisotopic (exact) mass is 363 g/mol. The Hall–Kier alpha value is -2.54. The van der Waals surface area contributed by atoms with Crippen LogP contribution in [-0.4, -0.2) is 35.5 Å². The predicted octanol–water partition coefficient (Wildman–Crippen LogP) is 3.07. The van der Waals surface area contributed by atoms with E-state index in [1.54, 1.807) is 18.2 Å². The molecule has 2 atom stereocenters. The first kappa shape index (κ1) is 18.3. The van der Waals surface area contributed by atoms with Crippen molar-refractivity contribution in [1.29, 1.82) is 0 Å². The number of alkyl halides is 2. The second kappa shape index (κ2) is 6.64. The molecule has 138 valence electrons. The van der Waals surface area contributed by atoms with Crippen LogP contribution in [0.5, 0.6) is 0 Å². The predicted molar refractivity (Wildman–Crippen MR) is 93.3 cm³/mol. The van der Waals surface area contributed by atoms with Crippen LogP contribution in [0.25, 0.3) is 11.1 Å². The normalized spacial score (nSPS) is 21.8. The molecule has 1 heterocycles. The van der Waals surface area contributed by atoms with Gasteiger partial charge in [0.25, 0.3) is 5.92 Å². The lowest BCUT2D eigenvalue weighted by molar-refractivity contribution is 0.000253. The lowest BCUT2D eigenvalue weighted by atomic mass is 9.95. The maximum atomic E-state index is 15.0. The minimum absolute atomic E-state index is 0.134. The van der Waals surface area contributed by atoms with Crippen molar-refractivity contribution in [3.8, 4) is 11.1 Å². The molecule has 0 aliphatic carbocycles. The number of amides is 2. The van der Waals surface area contributed by atoms with Crippen molar-refractivity contribution in [3.05, 3.63) is 59.4 Å². The Bertz CT molecular complexity index is 841. The number of aryl methyl sites for hydroxylation is 1. The molecule has 1 saturated heterocycles. The molecule has 0 saturated carbocycles. The number of halogens is 3. The average molecular weight is 363 g/mol. The molecule has 0 aromatic heterocycles. The fourth-order valence-electron chi connectivity index (χ4n) is 3.40. The molecule has 2 aromatic carbocycles. The Labute approximate surface area is 149 Å².